The number of anilines is 1. The summed E-state index contributed by atoms with van der Waals surface area (Å²) in [6.45, 7) is 1.11. The molecular formula is C16H12Cl3NO3. The van der Waals surface area contributed by atoms with Crippen LogP contribution >= 0.6 is 34.8 Å². The first kappa shape index (κ1) is 16.2. The molecule has 23 heavy (non-hydrogen) atoms. The van der Waals surface area contributed by atoms with Crippen LogP contribution in [0.5, 0.6) is 11.5 Å². The highest BCUT2D eigenvalue weighted by Crippen LogP contribution is 2.38. The smallest absolute Gasteiger partial charge is 0.257 e. The lowest BCUT2D eigenvalue weighted by molar-refractivity contribution is 0.102. The predicted octanol–water partition coefficient (Wildman–Crippen LogP) is 5.06. The van der Waals surface area contributed by atoms with Crippen LogP contribution in [0.3, 0.4) is 0 Å². The molecule has 3 rings (SSSR count). The van der Waals surface area contributed by atoms with Gasteiger partial charge in [-0.05, 0) is 12.1 Å². The van der Waals surface area contributed by atoms with Gasteiger partial charge in [-0.15, -0.1) is 0 Å². The van der Waals surface area contributed by atoms with Crippen molar-refractivity contribution in [3.63, 3.8) is 0 Å². The summed E-state index contributed by atoms with van der Waals surface area (Å²) in [4.78, 5) is 12.4. The van der Waals surface area contributed by atoms with Gasteiger partial charge in [-0.3, -0.25) is 4.79 Å². The SMILES string of the molecule is O=C(Nc1cc2c(cc1Cl)OCCCO2)c1cccc(Cl)c1Cl. The first-order chi connectivity index (χ1) is 11.1. The molecule has 0 aromatic heterocycles. The van der Waals surface area contributed by atoms with E-state index in [2.05, 4.69) is 5.32 Å². The fraction of sp³-hybridized carbons (Fsp3) is 0.188. The van der Waals surface area contributed by atoms with Gasteiger partial charge in [0.15, 0.2) is 11.5 Å². The Kier molecular flexibility index (Phi) is 4.85. The van der Waals surface area contributed by atoms with E-state index >= 15 is 0 Å². The zero-order chi connectivity index (χ0) is 16.4. The van der Waals surface area contributed by atoms with Gasteiger partial charge in [-0.25, -0.2) is 0 Å². The number of carbonyl (C=O) groups is 1. The second-order valence-corrected chi connectivity index (χ2v) is 6.08. The van der Waals surface area contributed by atoms with Crippen LogP contribution in [0.15, 0.2) is 30.3 Å². The number of carbonyl (C=O) groups excluding carboxylic acids is 1. The molecule has 1 N–H and O–H groups in total. The molecule has 4 nitrogen and oxygen atoms in total. The lowest BCUT2D eigenvalue weighted by Crippen LogP contribution is -2.13. The van der Waals surface area contributed by atoms with Gasteiger partial charge in [0.2, 0.25) is 0 Å². The quantitative estimate of drug-likeness (QED) is 0.801. The van der Waals surface area contributed by atoms with Crippen LogP contribution in [0.25, 0.3) is 0 Å². The largest absolute Gasteiger partial charge is 0.490 e. The van der Waals surface area contributed by atoms with Gasteiger partial charge in [0.1, 0.15) is 0 Å². The standard InChI is InChI=1S/C16H12Cl3NO3/c17-10-4-1-3-9(15(10)19)16(21)20-12-8-14-13(7-11(12)18)22-5-2-6-23-14/h1,3-4,7-8H,2,5-6H2,(H,20,21). The van der Waals surface area contributed by atoms with Crippen LogP contribution in [0.2, 0.25) is 15.1 Å². The molecule has 0 unspecified atom stereocenters. The minimum atomic E-state index is -0.408. The second kappa shape index (κ2) is 6.87. The Morgan fingerprint density at radius 1 is 1.00 bits per heavy atom. The third-order valence-corrected chi connectivity index (χ3v) is 4.41. The van der Waals surface area contributed by atoms with E-state index in [-0.39, 0.29) is 10.6 Å². The summed E-state index contributed by atoms with van der Waals surface area (Å²) in [5.41, 5.74) is 0.680. The molecule has 0 atom stereocenters. The van der Waals surface area contributed by atoms with Gasteiger partial charge in [0.25, 0.3) is 5.91 Å². The lowest BCUT2D eigenvalue weighted by atomic mass is 10.2. The molecule has 2 aromatic carbocycles. The molecule has 0 fully saturated rings. The van der Waals surface area contributed by atoms with Crippen molar-refractivity contribution in [2.45, 2.75) is 6.42 Å². The predicted molar refractivity (Wildman–Crippen MR) is 91.5 cm³/mol. The summed E-state index contributed by atoms with van der Waals surface area (Å²) >= 11 is 18.2. The van der Waals surface area contributed by atoms with Gasteiger partial charge in [0, 0.05) is 18.6 Å². The number of ether oxygens (including phenoxy) is 2. The Labute approximate surface area is 148 Å². The summed E-state index contributed by atoms with van der Waals surface area (Å²) < 4.78 is 11.1. The topological polar surface area (TPSA) is 47.6 Å². The van der Waals surface area contributed by atoms with Crippen molar-refractivity contribution in [3.8, 4) is 11.5 Å². The van der Waals surface area contributed by atoms with Gasteiger partial charge in [-0.1, -0.05) is 40.9 Å². The number of benzene rings is 2. The van der Waals surface area contributed by atoms with Crippen molar-refractivity contribution < 1.29 is 14.3 Å². The average molecular weight is 373 g/mol. The maximum absolute atomic E-state index is 12.4. The number of hydrogen-bond acceptors (Lipinski definition) is 3. The molecule has 2 aromatic rings. The van der Waals surface area contributed by atoms with Crippen molar-refractivity contribution in [2.75, 3.05) is 18.5 Å². The number of amides is 1. The second-order valence-electron chi connectivity index (χ2n) is 4.88. The van der Waals surface area contributed by atoms with Crippen LogP contribution in [0, 0.1) is 0 Å². The number of fused-ring (bicyclic) bond motifs is 1. The minimum absolute atomic E-state index is 0.192. The number of nitrogens with one attached hydrogen (secondary N) is 1. The molecule has 0 spiro atoms. The Hall–Kier alpha value is -1.62. The van der Waals surface area contributed by atoms with E-state index in [1.54, 1.807) is 30.3 Å². The minimum Gasteiger partial charge on any atom is -0.490 e. The Morgan fingerprint density at radius 2 is 1.70 bits per heavy atom. The zero-order valence-corrected chi connectivity index (χ0v) is 14.1. The van der Waals surface area contributed by atoms with Gasteiger partial charge < -0.3 is 14.8 Å². The third-order valence-electron chi connectivity index (χ3n) is 3.28. The Balaban J connectivity index is 1.89. The van der Waals surface area contributed by atoms with Gasteiger partial charge in [0.05, 0.1) is 39.5 Å². The highest BCUT2D eigenvalue weighted by atomic mass is 35.5. The first-order valence-electron chi connectivity index (χ1n) is 6.91. The molecule has 1 heterocycles. The van der Waals surface area contributed by atoms with E-state index in [1.165, 1.54) is 0 Å². The van der Waals surface area contributed by atoms with E-state index in [9.17, 15) is 4.79 Å². The van der Waals surface area contributed by atoms with E-state index in [4.69, 9.17) is 44.3 Å². The fourth-order valence-corrected chi connectivity index (χ4v) is 2.74. The van der Waals surface area contributed by atoms with Crippen LogP contribution in [-0.4, -0.2) is 19.1 Å². The molecular weight excluding hydrogens is 361 g/mol. The molecule has 0 saturated heterocycles. The maximum atomic E-state index is 12.4. The van der Waals surface area contributed by atoms with Gasteiger partial charge in [-0.2, -0.15) is 0 Å². The van der Waals surface area contributed by atoms with E-state index in [0.717, 1.165) is 6.42 Å². The fourth-order valence-electron chi connectivity index (χ4n) is 2.15. The number of hydrogen-bond donors (Lipinski definition) is 1. The summed E-state index contributed by atoms with van der Waals surface area (Å²) in [6, 6.07) is 8.11. The normalized spacial score (nSPS) is 13.3. The monoisotopic (exact) mass is 371 g/mol. The van der Waals surface area contributed by atoms with E-state index in [1.807, 2.05) is 0 Å². The Bertz CT molecular complexity index is 764. The van der Waals surface area contributed by atoms with Crippen LogP contribution < -0.4 is 14.8 Å². The van der Waals surface area contributed by atoms with Crippen molar-refractivity contribution in [1.82, 2.24) is 0 Å². The maximum Gasteiger partial charge on any atom is 0.257 e. The van der Waals surface area contributed by atoms with E-state index < -0.39 is 5.91 Å². The van der Waals surface area contributed by atoms with Crippen molar-refractivity contribution in [1.29, 1.82) is 0 Å². The van der Waals surface area contributed by atoms with Crippen molar-refractivity contribution in [3.05, 3.63) is 51.0 Å². The molecule has 7 heteroatoms. The van der Waals surface area contributed by atoms with Crippen LogP contribution in [-0.2, 0) is 0 Å². The highest BCUT2D eigenvalue weighted by molar-refractivity contribution is 6.44. The molecule has 0 saturated carbocycles. The first-order valence-corrected chi connectivity index (χ1v) is 8.04. The van der Waals surface area contributed by atoms with Crippen LogP contribution in [0.1, 0.15) is 16.8 Å². The molecule has 120 valence electrons. The molecule has 0 bridgehead atoms. The Morgan fingerprint density at radius 3 is 2.43 bits per heavy atom. The molecule has 1 aliphatic heterocycles. The summed E-state index contributed by atoms with van der Waals surface area (Å²) in [5.74, 6) is 0.694. The average Bonchev–Trinajstić information content (AvgIpc) is 2.75. The van der Waals surface area contributed by atoms with Gasteiger partial charge >= 0.3 is 0 Å². The van der Waals surface area contributed by atoms with Crippen molar-refractivity contribution >= 4 is 46.4 Å². The zero-order valence-electron chi connectivity index (χ0n) is 11.9. The molecule has 0 aliphatic carbocycles. The summed E-state index contributed by atoms with van der Waals surface area (Å²) in [7, 11) is 0. The third kappa shape index (κ3) is 3.50. The van der Waals surface area contributed by atoms with Crippen LogP contribution in [0.4, 0.5) is 5.69 Å². The summed E-state index contributed by atoms with van der Waals surface area (Å²) in [5, 5.41) is 3.56. The summed E-state index contributed by atoms with van der Waals surface area (Å²) in [6.07, 6.45) is 0.784. The highest BCUT2D eigenvalue weighted by Gasteiger charge is 2.18. The van der Waals surface area contributed by atoms with Crippen molar-refractivity contribution in [2.24, 2.45) is 0 Å². The molecule has 0 radical (unpaired) electrons. The molecule has 1 amide bonds. The van der Waals surface area contributed by atoms with E-state index in [0.29, 0.717) is 40.4 Å². The molecule has 1 aliphatic rings. The lowest BCUT2D eigenvalue weighted by Gasteiger charge is -2.13. The number of halogens is 3. The number of rotatable bonds is 2.